The Kier molecular flexibility index (Phi) is 14.1. The van der Waals surface area contributed by atoms with Crippen molar-refractivity contribution in [1.82, 2.24) is 41.5 Å². The highest BCUT2D eigenvalue weighted by atomic mass is 16.6. The summed E-state index contributed by atoms with van der Waals surface area (Å²) in [6.07, 6.45) is 2.87. The molecule has 2 unspecified atom stereocenters. The molecule has 61 heavy (non-hydrogen) atoms. The van der Waals surface area contributed by atoms with Crippen LogP contribution in [0.4, 0.5) is 15.3 Å². The number of carbonyl (C=O) groups is 5. The fraction of sp³-hybridized carbons (Fsp3) is 0.467. The van der Waals surface area contributed by atoms with E-state index in [1.54, 1.807) is 41.3 Å². The van der Waals surface area contributed by atoms with Crippen LogP contribution in [0.15, 0.2) is 72.8 Å². The summed E-state index contributed by atoms with van der Waals surface area (Å²) in [7, 11) is 0. The second-order valence-corrected chi connectivity index (χ2v) is 17.8. The van der Waals surface area contributed by atoms with E-state index in [9.17, 15) is 24.0 Å². The first-order valence-corrected chi connectivity index (χ1v) is 20.9. The molecule has 2 fully saturated rings. The summed E-state index contributed by atoms with van der Waals surface area (Å²) in [5, 5.41) is 25.9. The molecule has 2 heterocycles. The number of tetrazole rings is 1. The van der Waals surface area contributed by atoms with Crippen molar-refractivity contribution in [2.75, 3.05) is 25.0 Å². The number of amides is 5. The minimum Gasteiger partial charge on any atom is -0.444 e. The minimum absolute atomic E-state index is 0.166. The van der Waals surface area contributed by atoms with E-state index in [1.807, 2.05) is 77.9 Å². The first-order valence-electron chi connectivity index (χ1n) is 20.9. The third-order valence-electron chi connectivity index (χ3n) is 10.6. The fourth-order valence-corrected chi connectivity index (χ4v) is 7.41. The summed E-state index contributed by atoms with van der Waals surface area (Å²) < 4.78 is 10.8. The Hall–Kier alpha value is -6.32. The number of ether oxygens (including phenoxy) is 2. The van der Waals surface area contributed by atoms with E-state index in [1.165, 1.54) is 0 Å². The second kappa shape index (κ2) is 19.4. The van der Waals surface area contributed by atoms with Crippen LogP contribution in [0.1, 0.15) is 89.6 Å². The van der Waals surface area contributed by atoms with E-state index in [2.05, 4.69) is 41.9 Å². The molecule has 2 atom stereocenters. The molecule has 1 aromatic heterocycles. The predicted molar refractivity (Wildman–Crippen MR) is 229 cm³/mol. The van der Waals surface area contributed by atoms with Gasteiger partial charge in [-0.1, -0.05) is 36.4 Å². The molecular weight excluding hydrogens is 779 g/mol. The van der Waals surface area contributed by atoms with Crippen LogP contribution >= 0.6 is 0 Å². The Labute approximate surface area is 356 Å². The number of hydrogen-bond acceptors (Lipinski definition) is 10. The lowest BCUT2D eigenvalue weighted by Crippen LogP contribution is -2.48. The quantitative estimate of drug-likeness (QED) is 0.108. The van der Waals surface area contributed by atoms with Crippen LogP contribution in [0.3, 0.4) is 0 Å². The number of anilines is 1. The van der Waals surface area contributed by atoms with Gasteiger partial charge in [-0.3, -0.25) is 14.4 Å². The number of nitrogens with one attached hydrogen (secondary N) is 5. The number of aromatic amines is 1. The molecule has 5 amide bonds. The van der Waals surface area contributed by atoms with Gasteiger partial charge in [-0.05, 0) is 138 Å². The first-order chi connectivity index (χ1) is 29.0. The van der Waals surface area contributed by atoms with Crippen LogP contribution in [-0.2, 0) is 25.5 Å². The lowest BCUT2D eigenvalue weighted by molar-refractivity contribution is -0.130. The van der Waals surface area contributed by atoms with Gasteiger partial charge in [-0.15, -0.1) is 10.2 Å². The van der Waals surface area contributed by atoms with E-state index in [0.29, 0.717) is 56.0 Å². The second-order valence-electron chi connectivity index (χ2n) is 17.8. The SMILES string of the molecule is CC(C)(C)OC(=O)NCC1CCC(C(=O)NC(Cc2ccc(-c3ccc(C(=O)NC4CCN(C(=O)OC(C)(C)C)C4)cc3)cc2)C(=O)Nc2ccc(-c3nn[nH]n3)cc2)CC1. The van der Waals surface area contributed by atoms with E-state index in [0.717, 1.165) is 35.1 Å². The molecule has 3 aromatic carbocycles. The third kappa shape index (κ3) is 13.1. The zero-order valence-corrected chi connectivity index (χ0v) is 35.7. The van der Waals surface area contributed by atoms with E-state index >= 15 is 0 Å². The number of carbonyl (C=O) groups excluding carboxylic acids is 5. The maximum atomic E-state index is 13.9. The summed E-state index contributed by atoms with van der Waals surface area (Å²) in [6.45, 7) is 12.3. The molecule has 0 bridgehead atoms. The Morgan fingerprint density at radius 1 is 0.787 bits per heavy atom. The number of hydrogen-bond donors (Lipinski definition) is 5. The topological polar surface area (TPSA) is 210 Å². The van der Waals surface area contributed by atoms with Gasteiger partial charge in [-0.2, -0.15) is 5.21 Å². The van der Waals surface area contributed by atoms with Crippen LogP contribution in [-0.4, -0.2) is 98.4 Å². The number of H-pyrrole nitrogens is 1. The van der Waals surface area contributed by atoms with Crippen molar-refractivity contribution in [1.29, 1.82) is 0 Å². The Bertz CT molecular complexity index is 2120. The summed E-state index contributed by atoms with van der Waals surface area (Å²) in [5.74, 6) is -0.356. The Morgan fingerprint density at radius 2 is 1.41 bits per heavy atom. The van der Waals surface area contributed by atoms with Crippen molar-refractivity contribution in [2.45, 2.75) is 103 Å². The predicted octanol–water partition coefficient (Wildman–Crippen LogP) is 6.27. The van der Waals surface area contributed by atoms with E-state index in [4.69, 9.17) is 9.47 Å². The van der Waals surface area contributed by atoms with Gasteiger partial charge < -0.3 is 35.6 Å². The van der Waals surface area contributed by atoms with Crippen LogP contribution < -0.4 is 21.3 Å². The van der Waals surface area contributed by atoms with Crippen LogP contribution in [0.25, 0.3) is 22.5 Å². The molecular formula is C45H57N9O7. The van der Waals surface area contributed by atoms with Crippen molar-refractivity contribution < 1.29 is 33.4 Å². The molecule has 0 spiro atoms. The summed E-state index contributed by atoms with van der Waals surface area (Å²) >= 11 is 0. The van der Waals surface area contributed by atoms with Crippen molar-refractivity contribution in [3.63, 3.8) is 0 Å². The van der Waals surface area contributed by atoms with Crippen molar-refractivity contribution in [2.24, 2.45) is 11.8 Å². The molecule has 4 aromatic rings. The number of rotatable bonds is 12. The molecule has 1 saturated heterocycles. The summed E-state index contributed by atoms with van der Waals surface area (Å²) in [5.41, 5.74) is 3.29. The zero-order valence-electron chi connectivity index (χ0n) is 35.7. The zero-order chi connectivity index (χ0) is 43.7. The van der Waals surface area contributed by atoms with E-state index in [-0.39, 0.29) is 48.1 Å². The number of nitrogens with zero attached hydrogens (tertiary/aromatic N) is 4. The standard InChI is InChI=1S/C45H57N9O7/c1-44(2,3)60-42(58)46-26-29-9-13-33(14-10-29)40(56)49-37(41(57)47-35-21-19-32(20-22-35)38-50-52-53-51-38)25-28-7-11-30(12-8-28)31-15-17-34(18-16-31)39(55)48-36-23-24-54(27-36)43(59)61-45(4,5)6/h7-8,11-12,15-22,29,33,36-37H,9-10,13-14,23-27H2,1-6H3,(H,46,58)(H,47,57)(H,48,55)(H,49,56)(H,50,51,52,53). The van der Waals surface area contributed by atoms with Gasteiger partial charge in [0.15, 0.2) is 0 Å². The normalized spacial score (nSPS) is 18.4. The van der Waals surface area contributed by atoms with Crippen molar-refractivity contribution in [3.05, 3.63) is 83.9 Å². The molecule has 16 heteroatoms. The first kappa shape index (κ1) is 44.2. The average Bonchev–Trinajstić information content (AvgIpc) is 3.93. The molecule has 1 saturated carbocycles. The Balaban J connectivity index is 1.06. The Morgan fingerprint density at radius 3 is 2.02 bits per heavy atom. The summed E-state index contributed by atoms with van der Waals surface area (Å²) in [6, 6.07) is 21.1. The van der Waals surface area contributed by atoms with Gasteiger partial charge in [0, 0.05) is 54.8 Å². The van der Waals surface area contributed by atoms with Gasteiger partial charge >= 0.3 is 12.2 Å². The number of aromatic nitrogens is 4. The maximum absolute atomic E-state index is 13.9. The van der Waals surface area contributed by atoms with Gasteiger partial charge in [0.05, 0.1) is 0 Å². The minimum atomic E-state index is -0.865. The molecule has 1 aliphatic heterocycles. The number of benzene rings is 3. The number of alkyl carbamates (subject to hydrolysis) is 1. The van der Waals surface area contributed by atoms with Gasteiger partial charge in [0.2, 0.25) is 17.6 Å². The molecule has 2 aliphatic rings. The number of likely N-dealkylation sites (tertiary alicyclic amines) is 1. The average molecular weight is 836 g/mol. The molecule has 1 aliphatic carbocycles. The van der Waals surface area contributed by atoms with Gasteiger partial charge in [0.25, 0.3) is 5.91 Å². The molecule has 0 radical (unpaired) electrons. The monoisotopic (exact) mass is 835 g/mol. The lowest BCUT2D eigenvalue weighted by Gasteiger charge is -2.29. The van der Waals surface area contributed by atoms with Crippen molar-refractivity contribution >= 4 is 35.6 Å². The molecule has 16 nitrogen and oxygen atoms in total. The summed E-state index contributed by atoms with van der Waals surface area (Å²) in [4.78, 5) is 66.9. The lowest BCUT2D eigenvalue weighted by atomic mass is 9.81. The maximum Gasteiger partial charge on any atom is 0.410 e. The fourth-order valence-electron chi connectivity index (χ4n) is 7.41. The van der Waals surface area contributed by atoms with E-state index < -0.39 is 23.3 Å². The molecule has 324 valence electrons. The van der Waals surface area contributed by atoms with Crippen LogP contribution in [0.5, 0.6) is 0 Å². The molecule has 5 N–H and O–H groups in total. The van der Waals surface area contributed by atoms with Gasteiger partial charge in [0.1, 0.15) is 17.2 Å². The highest BCUT2D eigenvalue weighted by Gasteiger charge is 2.32. The van der Waals surface area contributed by atoms with Gasteiger partial charge in [-0.25, -0.2) is 9.59 Å². The third-order valence-corrected chi connectivity index (χ3v) is 10.6. The highest BCUT2D eigenvalue weighted by Crippen LogP contribution is 2.29. The highest BCUT2D eigenvalue weighted by molar-refractivity contribution is 5.98. The molecule has 6 rings (SSSR count). The smallest absolute Gasteiger partial charge is 0.410 e. The largest absolute Gasteiger partial charge is 0.444 e. The van der Waals surface area contributed by atoms with Crippen molar-refractivity contribution in [3.8, 4) is 22.5 Å². The van der Waals surface area contributed by atoms with Crippen LogP contribution in [0.2, 0.25) is 0 Å². The van der Waals surface area contributed by atoms with Crippen LogP contribution in [0, 0.1) is 11.8 Å².